The minimum absolute atomic E-state index is 0.184. The third-order valence-corrected chi connectivity index (χ3v) is 12.0. The van der Waals surface area contributed by atoms with Gasteiger partial charge in [0.1, 0.15) is 11.6 Å². The molecule has 3 heterocycles. The van der Waals surface area contributed by atoms with Crippen LogP contribution in [-0.2, 0) is 22.2 Å². The maximum atomic E-state index is 13.9. The second kappa shape index (κ2) is 16.1. The van der Waals surface area contributed by atoms with Gasteiger partial charge in [0.25, 0.3) is 0 Å². The van der Waals surface area contributed by atoms with Gasteiger partial charge < -0.3 is 14.7 Å². The molecule has 1 saturated carbocycles. The number of aliphatic carboxylic acids is 1. The van der Waals surface area contributed by atoms with Gasteiger partial charge in [-0.05, 0) is 79.3 Å². The molecule has 4 bridgehead atoms. The van der Waals surface area contributed by atoms with Crippen LogP contribution in [0.5, 0.6) is 5.75 Å². The second-order valence-electron chi connectivity index (χ2n) is 15.0. The van der Waals surface area contributed by atoms with Crippen molar-refractivity contribution in [3.63, 3.8) is 0 Å². The van der Waals surface area contributed by atoms with Crippen molar-refractivity contribution in [3.8, 4) is 27.4 Å². The van der Waals surface area contributed by atoms with Crippen LogP contribution in [0.1, 0.15) is 90.5 Å². The van der Waals surface area contributed by atoms with Crippen LogP contribution in [-0.4, -0.2) is 44.9 Å². The molecule has 1 unspecified atom stereocenters. The molecular weight excluding hydrogens is 665 g/mol. The van der Waals surface area contributed by atoms with Gasteiger partial charge in [-0.3, -0.25) is 9.52 Å². The standard InChI is InChI=1S/C40H50N4O4S2/c1-39(2,3)24-26-48-31-18-13-17-30(27-31)36-35-32-19-9-8-16-29(32)15-7-4-5-12-25-44(28-40(37(45)46)22-10-6-11-23-40)33-20-14-21-34(41-33)50(47)43-38(42-35)49-36/h8-9,13-14,16-21,27H,4-7,10-12,15,22-26,28H2,1-3H3,(H,42,43)(H,45,46). The summed E-state index contributed by atoms with van der Waals surface area (Å²) < 4.78 is 23.3. The molecule has 8 nitrogen and oxygen atoms in total. The molecule has 2 aliphatic rings. The summed E-state index contributed by atoms with van der Waals surface area (Å²) in [5.74, 6) is 0.762. The number of thiazole rings is 1. The molecule has 0 saturated heterocycles. The molecule has 6 rings (SSSR count). The molecular formula is C40H50N4O4S2. The normalized spacial score (nSPS) is 18.4. The van der Waals surface area contributed by atoms with E-state index in [1.54, 1.807) is 6.07 Å². The Morgan fingerprint density at radius 3 is 2.52 bits per heavy atom. The van der Waals surface area contributed by atoms with Crippen molar-refractivity contribution in [2.45, 2.75) is 96.4 Å². The Hall–Kier alpha value is -3.76. The maximum Gasteiger partial charge on any atom is 0.311 e. The van der Waals surface area contributed by atoms with Crippen molar-refractivity contribution < 1.29 is 18.8 Å². The topological polar surface area (TPSA) is 105 Å². The van der Waals surface area contributed by atoms with E-state index in [0.717, 1.165) is 85.2 Å². The van der Waals surface area contributed by atoms with Crippen molar-refractivity contribution in [3.05, 3.63) is 72.3 Å². The van der Waals surface area contributed by atoms with Crippen molar-refractivity contribution >= 4 is 39.2 Å². The number of hydrogen-bond donors (Lipinski definition) is 2. The van der Waals surface area contributed by atoms with Gasteiger partial charge in [-0.1, -0.05) is 107 Å². The highest BCUT2D eigenvalue weighted by Gasteiger charge is 2.41. The van der Waals surface area contributed by atoms with Crippen LogP contribution >= 0.6 is 11.3 Å². The third kappa shape index (κ3) is 8.93. The fourth-order valence-corrected chi connectivity index (χ4v) is 8.92. The predicted molar refractivity (Wildman–Crippen MR) is 204 cm³/mol. The van der Waals surface area contributed by atoms with Crippen LogP contribution in [0.15, 0.2) is 71.8 Å². The number of carbonyl (C=O) groups is 1. The molecule has 10 heteroatoms. The molecule has 2 aromatic heterocycles. The number of anilines is 2. The van der Waals surface area contributed by atoms with Crippen molar-refractivity contribution in [1.29, 1.82) is 0 Å². The summed E-state index contributed by atoms with van der Waals surface area (Å²) in [5, 5.41) is 11.3. The van der Waals surface area contributed by atoms with E-state index in [9.17, 15) is 14.1 Å². The number of pyridine rings is 1. The number of fused-ring (bicyclic) bond motifs is 6. The van der Waals surface area contributed by atoms with Crippen LogP contribution in [0.3, 0.4) is 0 Å². The number of aryl methyl sites for hydroxylation is 1. The summed E-state index contributed by atoms with van der Waals surface area (Å²) in [6.45, 7) is 8.40. The molecule has 1 fully saturated rings. The number of benzene rings is 2. The summed E-state index contributed by atoms with van der Waals surface area (Å²) in [6.07, 6.45) is 10.2. The molecule has 0 amide bonds. The van der Waals surface area contributed by atoms with Gasteiger partial charge in [-0.25, -0.2) is 14.2 Å². The van der Waals surface area contributed by atoms with E-state index in [4.69, 9.17) is 14.7 Å². The van der Waals surface area contributed by atoms with E-state index in [1.807, 2.05) is 24.3 Å². The number of nitrogens with one attached hydrogen (secondary N) is 1. The number of ether oxygens (including phenoxy) is 1. The van der Waals surface area contributed by atoms with Gasteiger partial charge in [0.05, 0.1) is 22.6 Å². The first-order valence-corrected chi connectivity index (χ1v) is 20.0. The minimum atomic E-state index is -1.69. The zero-order chi connectivity index (χ0) is 35.1. The lowest BCUT2D eigenvalue weighted by Gasteiger charge is -2.38. The predicted octanol–water partition coefficient (Wildman–Crippen LogP) is 9.78. The number of hydrogen-bond acceptors (Lipinski definition) is 7. The fourth-order valence-electron chi connectivity index (χ4n) is 7.01. The molecule has 50 heavy (non-hydrogen) atoms. The molecule has 1 aliphatic heterocycles. The van der Waals surface area contributed by atoms with Crippen LogP contribution in [0.25, 0.3) is 21.7 Å². The van der Waals surface area contributed by atoms with Crippen molar-refractivity contribution in [2.75, 3.05) is 29.3 Å². The summed E-state index contributed by atoms with van der Waals surface area (Å²) in [5.41, 5.74) is 3.57. The minimum Gasteiger partial charge on any atom is -0.494 e. The van der Waals surface area contributed by atoms with Gasteiger partial charge in [0.15, 0.2) is 21.1 Å². The van der Waals surface area contributed by atoms with Crippen LogP contribution < -0.4 is 14.4 Å². The van der Waals surface area contributed by atoms with E-state index in [-0.39, 0.29) is 5.41 Å². The lowest BCUT2D eigenvalue weighted by Crippen LogP contribution is -2.45. The zero-order valence-electron chi connectivity index (χ0n) is 29.6. The Labute approximate surface area is 303 Å². The van der Waals surface area contributed by atoms with Gasteiger partial charge in [-0.2, -0.15) is 0 Å². The van der Waals surface area contributed by atoms with Gasteiger partial charge in [0.2, 0.25) is 0 Å². The highest BCUT2D eigenvalue weighted by atomic mass is 32.2. The van der Waals surface area contributed by atoms with Crippen LogP contribution in [0, 0.1) is 10.8 Å². The van der Waals surface area contributed by atoms with Gasteiger partial charge in [0, 0.05) is 18.7 Å². The first kappa shape index (κ1) is 36.0. The number of carboxylic acid groups (broad SMARTS) is 1. The summed E-state index contributed by atoms with van der Waals surface area (Å²) in [4.78, 5) is 25.7. The fraction of sp³-hybridized carbons (Fsp3) is 0.475. The van der Waals surface area contributed by atoms with Crippen LogP contribution in [0.2, 0.25) is 0 Å². The summed E-state index contributed by atoms with van der Waals surface area (Å²) in [6, 6.07) is 22.2. The Morgan fingerprint density at radius 2 is 1.72 bits per heavy atom. The molecule has 4 aromatic rings. The van der Waals surface area contributed by atoms with E-state index in [0.29, 0.717) is 48.5 Å². The monoisotopic (exact) mass is 714 g/mol. The van der Waals surface area contributed by atoms with Crippen LogP contribution in [0.4, 0.5) is 10.9 Å². The van der Waals surface area contributed by atoms with E-state index < -0.39 is 22.4 Å². The lowest BCUT2D eigenvalue weighted by atomic mass is 9.73. The number of carboxylic acids is 1. The van der Waals surface area contributed by atoms with Crippen molar-refractivity contribution in [2.24, 2.45) is 10.8 Å². The molecule has 2 N–H and O–H groups in total. The van der Waals surface area contributed by atoms with E-state index in [2.05, 4.69) is 66.8 Å². The first-order chi connectivity index (χ1) is 24.1. The number of aromatic nitrogens is 2. The summed E-state index contributed by atoms with van der Waals surface area (Å²) in [7, 11) is -1.69. The smallest absolute Gasteiger partial charge is 0.311 e. The van der Waals surface area contributed by atoms with Gasteiger partial charge >= 0.3 is 5.97 Å². The highest BCUT2D eigenvalue weighted by molar-refractivity contribution is 7.86. The third-order valence-electron chi connectivity index (χ3n) is 9.90. The van der Waals surface area contributed by atoms with Crippen molar-refractivity contribution in [1.82, 2.24) is 9.97 Å². The Balaban J connectivity index is 1.35. The second-order valence-corrected chi connectivity index (χ2v) is 17.1. The SMILES string of the molecule is CC(C)(C)CCOc1cccc(-c2sc3nc2-c2ccccc2CCCCCCN(CC2(C(=O)O)CCCCC2)c2cccc(n2)S(=O)N3)c1. The molecule has 0 spiro atoms. The van der Waals surface area contributed by atoms with E-state index in [1.165, 1.54) is 16.9 Å². The molecule has 1 atom stereocenters. The van der Waals surface area contributed by atoms with E-state index >= 15 is 0 Å². The Bertz CT molecular complexity index is 1790. The average molecular weight is 715 g/mol. The number of nitrogens with zero attached hydrogens (tertiary/aromatic N) is 3. The summed E-state index contributed by atoms with van der Waals surface area (Å²) >= 11 is 1.48. The molecule has 0 radical (unpaired) electrons. The Morgan fingerprint density at radius 1 is 0.960 bits per heavy atom. The maximum absolute atomic E-state index is 13.9. The molecule has 2 aromatic carbocycles. The number of rotatable bonds is 7. The lowest BCUT2D eigenvalue weighted by molar-refractivity contribution is -0.150. The zero-order valence-corrected chi connectivity index (χ0v) is 31.2. The quantitative estimate of drug-likeness (QED) is 0.196. The largest absolute Gasteiger partial charge is 0.494 e. The molecule has 1 aliphatic carbocycles. The van der Waals surface area contributed by atoms with Gasteiger partial charge in [-0.15, -0.1) is 0 Å². The molecule has 266 valence electrons. The first-order valence-electron chi connectivity index (χ1n) is 18.1. The highest BCUT2D eigenvalue weighted by Crippen LogP contribution is 2.42. The Kier molecular flexibility index (Phi) is 11.6. The average Bonchev–Trinajstić information content (AvgIpc) is 3.52.